The summed E-state index contributed by atoms with van der Waals surface area (Å²) in [4.78, 5) is 29.8. The lowest BCUT2D eigenvalue weighted by Crippen LogP contribution is -2.38. The van der Waals surface area contributed by atoms with E-state index in [0.29, 0.717) is 46.2 Å². The Kier molecular flexibility index (Phi) is 7.48. The number of hydrogen-bond donors (Lipinski definition) is 3. The summed E-state index contributed by atoms with van der Waals surface area (Å²) < 4.78 is 39.2. The van der Waals surface area contributed by atoms with Crippen molar-refractivity contribution in [2.24, 2.45) is 0 Å². The highest BCUT2D eigenvalue weighted by Gasteiger charge is 2.23. The Morgan fingerprint density at radius 2 is 1.83 bits per heavy atom. The van der Waals surface area contributed by atoms with Crippen LogP contribution in [-0.4, -0.2) is 44.6 Å². The molecular formula is C25H22ClFN4O4S. The number of carbonyl (C=O) groups is 2. The van der Waals surface area contributed by atoms with Gasteiger partial charge in [0.15, 0.2) is 9.84 Å². The van der Waals surface area contributed by atoms with Crippen molar-refractivity contribution in [3.63, 3.8) is 0 Å². The van der Waals surface area contributed by atoms with Crippen molar-refractivity contribution in [1.29, 1.82) is 0 Å². The van der Waals surface area contributed by atoms with Crippen LogP contribution in [0.25, 0.3) is 11.1 Å². The number of amides is 2. The molecule has 11 heteroatoms. The van der Waals surface area contributed by atoms with Gasteiger partial charge in [-0.2, -0.15) is 0 Å². The number of pyridine rings is 1. The summed E-state index contributed by atoms with van der Waals surface area (Å²) in [5.74, 6) is -1.69. The van der Waals surface area contributed by atoms with E-state index in [0.717, 1.165) is 12.3 Å². The van der Waals surface area contributed by atoms with Crippen molar-refractivity contribution in [3.8, 4) is 11.1 Å². The number of hydrogen-bond acceptors (Lipinski definition) is 6. The predicted molar refractivity (Wildman–Crippen MR) is 135 cm³/mol. The van der Waals surface area contributed by atoms with Crippen molar-refractivity contribution < 1.29 is 22.4 Å². The summed E-state index contributed by atoms with van der Waals surface area (Å²) in [7, 11) is -3.54. The summed E-state index contributed by atoms with van der Waals surface area (Å²) in [6.45, 7) is 0.739. The first kappa shape index (κ1) is 25.5. The van der Waals surface area contributed by atoms with Crippen LogP contribution < -0.4 is 16.0 Å². The average molecular weight is 529 g/mol. The van der Waals surface area contributed by atoms with Gasteiger partial charge in [0.25, 0.3) is 11.8 Å². The van der Waals surface area contributed by atoms with Gasteiger partial charge in [-0.3, -0.25) is 9.59 Å². The van der Waals surface area contributed by atoms with Gasteiger partial charge < -0.3 is 16.0 Å². The SMILES string of the molecule is CS(=O)(=O)c1ccccc1-c1ccc(C(=O)NC2=C(C(=O)Nc3ccc(Cl)cn3)CCNC2)c(F)c1. The number of benzene rings is 2. The lowest BCUT2D eigenvalue weighted by molar-refractivity contribution is -0.113. The molecule has 0 aliphatic carbocycles. The molecule has 3 aromatic rings. The van der Waals surface area contributed by atoms with E-state index in [1.807, 2.05) is 0 Å². The third-order valence-electron chi connectivity index (χ3n) is 5.54. The van der Waals surface area contributed by atoms with E-state index in [1.54, 1.807) is 30.3 Å². The molecule has 0 unspecified atom stereocenters. The zero-order chi connectivity index (χ0) is 25.9. The molecule has 8 nitrogen and oxygen atoms in total. The molecule has 1 aliphatic rings. The third kappa shape index (κ3) is 5.78. The van der Waals surface area contributed by atoms with Gasteiger partial charge in [0, 0.05) is 35.8 Å². The number of nitrogens with zero attached hydrogens (tertiary/aromatic N) is 1. The second-order valence-corrected chi connectivity index (χ2v) is 10.5. The minimum atomic E-state index is -3.54. The number of anilines is 1. The standard InChI is InChI=1S/C25H22ClFN4O4S/c1-36(34,35)22-5-3-2-4-17(22)15-6-8-18(20(27)12-15)24(32)30-21-14-28-11-10-19(21)25(33)31-23-9-7-16(26)13-29-23/h2-9,12-13,28H,10-11,14H2,1H3,(H,30,32)(H,29,31,33). The van der Waals surface area contributed by atoms with E-state index in [-0.39, 0.29) is 17.0 Å². The summed E-state index contributed by atoms with van der Waals surface area (Å²) in [6, 6.07) is 13.3. The molecule has 0 fully saturated rings. The molecule has 2 heterocycles. The zero-order valence-corrected chi connectivity index (χ0v) is 20.7. The second kappa shape index (κ2) is 10.6. The summed E-state index contributed by atoms with van der Waals surface area (Å²) in [5, 5.41) is 8.81. The van der Waals surface area contributed by atoms with E-state index >= 15 is 4.39 Å². The van der Waals surface area contributed by atoms with Crippen LogP contribution in [0, 0.1) is 5.82 Å². The molecule has 2 amide bonds. The molecule has 0 radical (unpaired) electrons. The molecule has 4 rings (SSSR count). The fourth-order valence-corrected chi connectivity index (χ4v) is 4.82. The number of halogens is 2. The van der Waals surface area contributed by atoms with Crippen LogP contribution in [0.4, 0.5) is 10.2 Å². The summed E-state index contributed by atoms with van der Waals surface area (Å²) in [5.41, 5.74) is 1.08. The van der Waals surface area contributed by atoms with Gasteiger partial charge in [0.05, 0.1) is 15.5 Å². The first-order valence-corrected chi connectivity index (χ1v) is 13.2. The maximum Gasteiger partial charge on any atom is 0.258 e. The summed E-state index contributed by atoms with van der Waals surface area (Å²) >= 11 is 5.82. The Balaban J connectivity index is 1.57. The zero-order valence-electron chi connectivity index (χ0n) is 19.1. The Hall–Kier alpha value is -3.60. The highest BCUT2D eigenvalue weighted by atomic mass is 35.5. The Bertz CT molecular complexity index is 1470. The minimum absolute atomic E-state index is 0.0610. The third-order valence-corrected chi connectivity index (χ3v) is 6.92. The van der Waals surface area contributed by atoms with E-state index in [1.165, 1.54) is 24.4 Å². The number of rotatable bonds is 6. The molecule has 0 saturated carbocycles. The fourth-order valence-electron chi connectivity index (χ4n) is 3.80. The topological polar surface area (TPSA) is 117 Å². The Labute approximate surface area is 212 Å². The Morgan fingerprint density at radius 3 is 2.53 bits per heavy atom. The van der Waals surface area contributed by atoms with Crippen LogP contribution >= 0.6 is 11.6 Å². The van der Waals surface area contributed by atoms with Crippen molar-refractivity contribution in [2.45, 2.75) is 11.3 Å². The highest BCUT2D eigenvalue weighted by molar-refractivity contribution is 7.90. The van der Waals surface area contributed by atoms with Gasteiger partial charge in [-0.25, -0.2) is 17.8 Å². The monoisotopic (exact) mass is 528 g/mol. The maximum absolute atomic E-state index is 15.0. The molecule has 0 saturated heterocycles. The molecule has 0 bridgehead atoms. The molecule has 186 valence electrons. The quantitative estimate of drug-likeness (QED) is 0.450. The molecular weight excluding hydrogens is 507 g/mol. The summed E-state index contributed by atoms with van der Waals surface area (Å²) in [6.07, 6.45) is 2.82. The van der Waals surface area contributed by atoms with Gasteiger partial charge in [0.1, 0.15) is 11.6 Å². The van der Waals surface area contributed by atoms with E-state index < -0.39 is 27.5 Å². The smallest absolute Gasteiger partial charge is 0.258 e. The minimum Gasteiger partial charge on any atom is -0.324 e. The van der Waals surface area contributed by atoms with Crippen LogP contribution in [0.3, 0.4) is 0 Å². The van der Waals surface area contributed by atoms with Crippen LogP contribution in [0.2, 0.25) is 5.02 Å². The number of aromatic nitrogens is 1. The van der Waals surface area contributed by atoms with Gasteiger partial charge in [-0.05, 0) is 48.9 Å². The lowest BCUT2D eigenvalue weighted by atomic mass is 10.0. The number of carbonyl (C=O) groups excluding carboxylic acids is 2. The van der Waals surface area contributed by atoms with Crippen LogP contribution in [0.1, 0.15) is 16.8 Å². The maximum atomic E-state index is 15.0. The molecule has 36 heavy (non-hydrogen) atoms. The van der Waals surface area contributed by atoms with Crippen molar-refractivity contribution >= 4 is 39.1 Å². The fraction of sp³-hybridized carbons (Fsp3) is 0.160. The molecule has 3 N–H and O–H groups in total. The van der Waals surface area contributed by atoms with Crippen LogP contribution in [0.15, 0.2) is 77.0 Å². The van der Waals surface area contributed by atoms with Crippen LogP contribution in [0.5, 0.6) is 0 Å². The first-order valence-electron chi connectivity index (χ1n) is 10.9. The van der Waals surface area contributed by atoms with Crippen LogP contribution in [-0.2, 0) is 14.6 Å². The molecule has 2 aromatic carbocycles. The van der Waals surface area contributed by atoms with E-state index in [9.17, 15) is 18.0 Å². The molecule has 0 atom stereocenters. The Morgan fingerprint density at radius 1 is 1.06 bits per heavy atom. The van der Waals surface area contributed by atoms with Crippen molar-refractivity contribution in [1.82, 2.24) is 15.6 Å². The van der Waals surface area contributed by atoms with Gasteiger partial charge >= 0.3 is 0 Å². The average Bonchev–Trinajstić information content (AvgIpc) is 2.85. The lowest BCUT2D eigenvalue weighted by Gasteiger charge is -2.21. The highest BCUT2D eigenvalue weighted by Crippen LogP contribution is 2.28. The number of sulfone groups is 1. The normalized spacial score (nSPS) is 13.9. The number of nitrogens with one attached hydrogen (secondary N) is 3. The van der Waals surface area contributed by atoms with E-state index in [4.69, 9.17) is 11.6 Å². The molecule has 1 aliphatic heterocycles. The largest absolute Gasteiger partial charge is 0.324 e. The first-order chi connectivity index (χ1) is 17.1. The second-order valence-electron chi connectivity index (χ2n) is 8.12. The van der Waals surface area contributed by atoms with Gasteiger partial charge in [0.2, 0.25) is 0 Å². The van der Waals surface area contributed by atoms with Gasteiger partial charge in [-0.15, -0.1) is 0 Å². The molecule has 0 spiro atoms. The van der Waals surface area contributed by atoms with Gasteiger partial charge in [-0.1, -0.05) is 35.9 Å². The predicted octanol–water partition coefficient (Wildman–Crippen LogP) is 3.56. The molecule has 1 aromatic heterocycles. The van der Waals surface area contributed by atoms with Crippen molar-refractivity contribution in [3.05, 3.63) is 88.5 Å². The van der Waals surface area contributed by atoms with Crippen molar-refractivity contribution in [2.75, 3.05) is 24.7 Å². The van der Waals surface area contributed by atoms with E-state index in [2.05, 4.69) is 20.9 Å².